The topological polar surface area (TPSA) is 55.1 Å². The third-order valence-electron chi connectivity index (χ3n) is 4.13. The predicted molar refractivity (Wildman–Crippen MR) is 74.6 cm³/mol. The van der Waals surface area contributed by atoms with Gasteiger partial charge < -0.3 is 11.1 Å². The maximum absolute atomic E-state index is 12.7. The van der Waals surface area contributed by atoms with Crippen LogP contribution in [0.4, 0.5) is 18.9 Å². The number of hydrogen-bond acceptors (Lipinski definition) is 2. The Morgan fingerprint density at radius 2 is 1.90 bits per heavy atom. The van der Waals surface area contributed by atoms with Gasteiger partial charge in [0, 0.05) is 12.2 Å². The number of nitrogens with one attached hydrogen (secondary N) is 1. The lowest BCUT2D eigenvalue weighted by atomic mass is 9.73. The first kappa shape index (κ1) is 15.8. The van der Waals surface area contributed by atoms with Crippen LogP contribution >= 0.6 is 0 Å². The number of hydrogen-bond donors (Lipinski definition) is 2. The molecule has 3 N–H and O–H groups in total. The molecule has 21 heavy (non-hydrogen) atoms. The summed E-state index contributed by atoms with van der Waals surface area (Å²) < 4.78 is 38.0. The van der Waals surface area contributed by atoms with Crippen LogP contribution in [0.5, 0.6) is 0 Å². The molecule has 0 saturated heterocycles. The molecule has 3 nitrogen and oxygen atoms in total. The van der Waals surface area contributed by atoms with Crippen molar-refractivity contribution in [2.45, 2.75) is 38.3 Å². The number of carbonyl (C=O) groups excluding carboxylic acids is 1. The fraction of sp³-hybridized carbons (Fsp3) is 0.533. The number of amides is 1. The van der Waals surface area contributed by atoms with Gasteiger partial charge >= 0.3 is 6.18 Å². The third kappa shape index (κ3) is 3.56. The fourth-order valence-electron chi connectivity index (χ4n) is 2.79. The van der Waals surface area contributed by atoms with Gasteiger partial charge in [-0.3, -0.25) is 4.79 Å². The van der Waals surface area contributed by atoms with Crippen LogP contribution in [0.2, 0.25) is 0 Å². The minimum Gasteiger partial charge on any atom is -0.329 e. The lowest BCUT2D eigenvalue weighted by Crippen LogP contribution is -2.43. The first-order valence-corrected chi connectivity index (χ1v) is 7.06. The molecule has 0 spiro atoms. The minimum absolute atomic E-state index is 0.160. The maximum Gasteiger partial charge on any atom is 0.416 e. The van der Waals surface area contributed by atoms with Crippen molar-refractivity contribution in [2.75, 3.05) is 11.9 Å². The van der Waals surface area contributed by atoms with Gasteiger partial charge in [-0.25, -0.2) is 0 Å². The monoisotopic (exact) mass is 300 g/mol. The van der Waals surface area contributed by atoms with E-state index in [2.05, 4.69) is 5.32 Å². The van der Waals surface area contributed by atoms with Gasteiger partial charge in [-0.05, 0) is 31.0 Å². The number of rotatable bonds is 3. The number of halogens is 3. The molecule has 116 valence electrons. The Kier molecular flexibility index (Phi) is 4.56. The Bertz CT molecular complexity index is 508. The van der Waals surface area contributed by atoms with Crippen molar-refractivity contribution in [3.8, 4) is 0 Å². The van der Waals surface area contributed by atoms with Gasteiger partial charge in [-0.1, -0.05) is 25.3 Å². The van der Waals surface area contributed by atoms with E-state index in [0.29, 0.717) is 12.8 Å². The van der Waals surface area contributed by atoms with Crippen LogP contribution < -0.4 is 11.1 Å². The van der Waals surface area contributed by atoms with E-state index in [-0.39, 0.29) is 18.1 Å². The summed E-state index contributed by atoms with van der Waals surface area (Å²) in [6.45, 7) is 0.220. The van der Waals surface area contributed by atoms with E-state index < -0.39 is 17.2 Å². The summed E-state index contributed by atoms with van der Waals surface area (Å²) >= 11 is 0. The summed E-state index contributed by atoms with van der Waals surface area (Å²) in [4.78, 5) is 12.4. The smallest absolute Gasteiger partial charge is 0.329 e. The van der Waals surface area contributed by atoms with Crippen molar-refractivity contribution >= 4 is 11.6 Å². The molecule has 0 radical (unpaired) electrons. The van der Waals surface area contributed by atoms with E-state index in [1.807, 2.05) is 0 Å². The molecule has 0 heterocycles. The zero-order valence-corrected chi connectivity index (χ0v) is 11.7. The molecule has 1 fully saturated rings. The molecule has 0 bridgehead atoms. The molecule has 6 heteroatoms. The molecule has 1 aliphatic carbocycles. The second-order valence-electron chi connectivity index (χ2n) is 5.58. The normalized spacial score (nSPS) is 18.3. The molecule has 0 aliphatic heterocycles. The Hall–Kier alpha value is -1.56. The molecular weight excluding hydrogens is 281 g/mol. The fourth-order valence-corrected chi connectivity index (χ4v) is 2.79. The van der Waals surface area contributed by atoms with Crippen LogP contribution in [0.25, 0.3) is 0 Å². The van der Waals surface area contributed by atoms with Crippen molar-refractivity contribution in [3.05, 3.63) is 29.8 Å². The summed E-state index contributed by atoms with van der Waals surface area (Å²) in [6, 6.07) is 4.68. The van der Waals surface area contributed by atoms with Gasteiger partial charge in [0.15, 0.2) is 0 Å². The average Bonchev–Trinajstić information content (AvgIpc) is 2.47. The minimum atomic E-state index is -4.42. The van der Waals surface area contributed by atoms with Crippen LogP contribution in [0.1, 0.15) is 37.7 Å². The van der Waals surface area contributed by atoms with E-state index in [1.54, 1.807) is 0 Å². The van der Waals surface area contributed by atoms with Crippen molar-refractivity contribution in [1.82, 2.24) is 0 Å². The van der Waals surface area contributed by atoms with Gasteiger partial charge in [0.1, 0.15) is 0 Å². The van der Waals surface area contributed by atoms with Crippen LogP contribution in [0, 0.1) is 5.41 Å². The van der Waals surface area contributed by atoms with E-state index in [9.17, 15) is 18.0 Å². The molecule has 1 saturated carbocycles. The largest absolute Gasteiger partial charge is 0.416 e. The van der Waals surface area contributed by atoms with Crippen molar-refractivity contribution in [3.63, 3.8) is 0 Å². The molecule has 1 amide bonds. The lowest BCUT2D eigenvalue weighted by Gasteiger charge is -2.34. The van der Waals surface area contributed by atoms with Crippen molar-refractivity contribution in [1.29, 1.82) is 0 Å². The molecule has 0 unspecified atom stereocenters. The highest BCUT2D eigenvalue weighted by atomic mass is 19.4. The SMILES string of the molecule is NCC1(C(=O)Nc2cccc(C(F)(F)F)c2)CCCCC1. The highest BCUT2D eigenvalue weighted by Gasteiger charge is 2.38. The molecule has 0 atom stereocenters. The Morgan fingerprint density at radius 3 is 2.48 bits per heavy atom. The van der Waals surface area contributed by atoms with Gasteiger partial charge in [0.2, 0.25) is 5.91 Å². The number of anilines is 1. The molecule has 0 aromatic heterocycles. The van der Waals surface area contributed by atoms with Crippen LogP contribution in [-0.2, 0) is 11.0 Å². The average molecular weight is 300 g/mol. The molecule has 1 aromatic rings. The molecule has 1 aromatic carbocycles. The van der Waals surface area contributed by atoms with E-state index in [0.717, 1.165) is 31.4 Å². The summed E-state index contributed by atoms with van der Waals surface area (Å²) in [6.07, 6.45) is -0.126. The van der Waals surface area contributed by atoms with Crippen LogP contribution in [0.15, 0.2) is 24.3 Å². The Balaban J connectivity index is 2.15. The first-order chi connectivity index (χ1) is 9.87. The zero-order valence-electron chi connectivity index (χ0n) is 11.7. The highest BCUT2D eigenvalue weighted by Crippen LogP contribution is 2.37. The third-order valence-corrected chi connectivity index (χ3v) is 4.13. The van der Waals surface area contributed by atoms with Gasteiger partial charge in [0.05, 0.1) is 11.0 Å². The van der Waals surface area contributed by atoms with E-state index >= 15 is 0 Å². The summed E-state index contributed by atoms with van der Waals surface area (Å²) in [7, 11) is 0. The highest BCUT2D eigenvalue weighted by molar-refractivity contribution is 5.95. The molecular formula is C15H19F3N2O. The van der Waals surface area contributed by atoms with E-state index in [1.165, 1.54) is 12.1 Å². The second-order valence-corrected chi connectivity index (χ2v) is 5.58. The standard InChI is InChI=1S/C15H19F3N2O/c16-15(17,18)11-5-4-6-12(9-11)20-13(21)14(10-19)7-2-1-3-8-14/h4-6,9H,1-3,7-8,10,19H2,(H,20,21). The predicted octanol–water partition coefficient (Wildman–Crippen LogP) is 3.55. The van der Waals surface area contributed by atoms with Gasteiger partial charge in [-0.15, -0.1) is 0 Å². The lowest BCUT2D eigenvalue weighted by molar-refractivity contribution is -0.137. The van der Waals surface area contributed by atoms with Crippen molar-refractivity contribution in [2.24, 2.45) is 11.1 Å². The Labute approximate surface area is 121 Å². The summed E-state index contributed by atoms with van der Waals surface area (Å²) in [5.41, 5.74) is 4.49. The number of nitrogens with two attached hydrogens (primary N) is 1. The van der Waals surface area contributed by atoms with Crippen LogP contribution in [0.3, 0.4) is 0 Å². The first-order valence-electron chi connectivity index (χ1n) is 7.06. The Morgan fingerprint density at radius 1 is 1.24 bits per heavy atom. The number of carbonyl (C=O) groups is 1. The second kappa shape index (κ2) is 6.05. The summed E-state index contributed by atoms with van der Waals surface area (Å²) in [5.74, 6) is -0.274. The molecule has 2 rings (SSSR count). The van der Waals surface area contributed by atoms with Gasteiger partial charge in [0.25, 0.3) is 0 Å². The van der Waals surface area contributed by atoms with Crippen molar-refractivity contribution < 1.29 is 18.0 Å². The maximum atomic E-state index is 12.7. The number of alkyl halides is 3. The van der Waals surface area contributed by atoms with E-state index in [4.69, 9.17) is 5.73 Å². The van der Waals surface area contributed by atoms with Crippen LogP contribution in [-0.4, -0.2) is 12.5 Å². The zero-order chi connectivity index (χ0) is 15.5. The summed E-state index contributed by atoms with van der Waals surface area (Å²) in [5, 5.41) is 2.60. The molecule has 1 aliphatic rings. The van der Waals surface area contributed by atoms with Gasteiger partial charge in [-0.2, -0.15) is 13.2 Å². The quantitative estimate of drug-likeness (QED) is 0.897. The number of benzene rings is 1.